The summed E-state index contributed by atoms with van der Waals surface area (Å²) in [6, 6.07) is 11.8. The van der Waals surface area contributed by atoms with Gasteiger partial charge in [-0.15, -0.1) is 0 Å². The lowest BCUT2D eigenvalue weighted by Gasteiger charge is -2.18. The van der Waals surface area contributed by atoms with E-state index in [1.807, 2.05) is 48.3 Å². The van der Waals surface area contributed by atoms with Gasteiger partial charge < -0.3 is 14.7 Å². The summed E-state index contributed by atoms with van der Waals surface area (Å²) in [6.45, 7) is 2.57. The molecule has 0 spiro atoms. The molecule has 6 heteroatoms. The monoisotopic (exact) mass is 339 g/mol. The number of nitrogens with zero attached hydrogens (tertiary/aromatic N) is 3. The van der Waals surface area contributed by atoms with E-state index in [1.54, 1.807) is 13.1 Å². The number of aryl methyl sites for hydroxylation is 1. The average molecular weight is 339 g/mol. The standard InChI is InChI=1S/C19H21N3O3/c1-13-19(24)17(15(12-23)9-20-13)11-22(2)10-16-8-18(21-25-16)14-6-4-3-5-7-14/h3-9,23-24H,10-12H2,1-2H3. The summed E-state index contributed by atoms with van der Waals surface area (Å²) in [4.78, 5) is 6.07. The number of aromatic hydroxyl groups is 1. The molecule has 3 aromatic rings. The molecule has 0 amide bonds. The molecule has 0 saturated carbocycles. The predicted octanol–water partition coefficient (Wildman–Crippen LogP) is 2.87. The summed E-state index contributed by atoms with van der Waals surface area (Å²) in [7, 11) is 1.92. The quantitative estimate of drug-likeness (QED) is 0.718. The molecule has 2 N–H and O–H groups in total. The van der Waals surface area contributed by atoms with Crippen LogP contribution < -0.4 is 0 Å². The molecular weight excluding hydrogens is 318 g/mol. The van der Waals surface area contributed by atoms with E-state index in [-0.39, 0.29) is 12.4 Å². The van der Waals surface area contributed by atoms with E-state index in [0.29, 0.717) is 29.9 Å². The minimum absolute atomic E-state index is 0.126. The lowest BCUT2D eigenvalue weighted by molar-refractivity contribution is 0.253. The second-order valence-corrected chi connectivity index (χ2v) is 6.07. The Morgan fingerprint density at radius 2 is 1.92 bits per heavy atom. The smallest absolute Gasteiger partial charge is 0.151 e. The van der Waals surface area contributed by atoms with E-state index in [1.165, 1.54) is 0 Å². The Balaban J connectivity index is 1.73. The van der Waals surface area contributed by atoms with Gasteiger partial charge >= 0.3 is 0 Å². The van der Waals surface area contributed by atoms with Crippen LogP contribution in [0.3, 0.4) is 0 Å². The SMILES string of the molecule is Cc1ncc(CO)c(CN(C)Cc2cc(-c3ccccc3)no2)c1O. The van der Waals surface area contributed by atoms with Gasteiger partial charge in [-0.05, 0) is 14.0 Å². The normalized spacial score (nSPS) is 11.2. The number of aromatic nitrogens is 2. The van der Waals surface area contributed by atoms with Gasteiger partial charge in [0.2, 0.25) is 0 Å². The van der Waals surface area contributed by atoms with Gasteiger partial charge in [0.1, 0.15) is 11.4 Å². The summed E-state index contributed by atoms with van der Waals surface area (Å²) >= 11 is 0. The largest absolute Gasteiger partial charge is 0.506 e. The van der Waals surface area contributed by atoms with Crippen LogP contribution >= 0.6 is 0 Å². The highest BCUT2D eigenvalue weighted by Crippen LogP contribution is 2.26. The second-order valence-electron chi connectivity index (χ2n) is 6.07. The molecule has 0 aliphatic heterocycles. The number of benzene rings is 1. The molecule has 0 saturated heterocycles. The fourth-order valence-corrected chi connectivity index (χ4v) is 2.72. The molecule has 0 radical (unpaired) electrons. The van der Waals surface area contributed by atoms with Crippen molar-refractivity contribution in [3.63, 3.8) is 0 Å². The third-order valence-corrected chi connectivity index (χ3v) is 4.08. The first-order chi connectivity index (χ1) is 12.1. The van der Waals surface area contributed by atoms with Crippen LogP contribution in [0, 0.1) is 6.92 Å². The zero-order valence-electron chi connectivity index (χ0n) is 14.3. The molecule has 0 bridgehead atoms. The average Bonchev–Trinajstić information content (AvgIpc) is 3.08. The van der Waals surface area contributed by atoms with Gasteiger partial charge in [0, 0.05) is 35.5 Å². The van der Waals surface area contributed by atoms with Crippen molar-refractivity contribution in [2.24, 2.45) is 0 Å². The van der Waals surface area contributed by atoms with Crippen LogP contribution in [0.4, 0.5) is 0 Å². The topological polar surface area (TPSA) is 82.6 Å². The number of pyridine rings is 1. The van der Waals surface area contributed by atoms with Crippen LogP contribution in [-0.4, -0.2) is 32.3 Å². The third-order valence-electron chi connectivity index (χ3n) is 4.08. The highest BCUT2D eigenvalue weighted by molar-refractivity contribution is 5.58. The van der Waals surface area contributed by atoms with E-state index in [4.69, 9.17) is 4.52 Å². The maximum absolute atomic E-state index is 10.2. The van der Waals surface area contributed by atoms with Crippen molar-refractivity contribution in [2.75, 3.05) is 7.05 Å². The molecule has 0 unspecified atom stereocenters. The van der Waals surface area contributed by atoms with E-state index in [0.717, 1.165) is 17.0 Å². The summed E-state index contributed by atoms with van der Waals surface area (Å²) in [5, 5.41) is 23.8. The van der Waals surface area contributed by atoms with Crippen molar-refractivity contribution in [1.29, 1.82) is 0 Å². The number of rotatable bonds is 6. The molecule has 3 rings (SSSR count). The van der Waals surface area contributed by atoms with E-state index in [2.05, 4.69) is 10.1 Å². The minimum atomic E-state index is -0.162. The third kappa shape index (κ3) is 3.87. The van der Waals surface area contributed by atoms with Crippen LogP contribution in [-0.2, 0) is 19.7 Å². The lowest BCUT2D eigenvalue weighted by atomic mass is 10.1. The molecule has 0 atom stereocenters. The molecule has 1 aromatic carbocycles. The Morgan fingerprint density at radius 3 is 2.64 bits per heavy atom. The Hall–Kier alpha value is -2.70. The predicted molar refractivity (Wildman–Crippen MR) is 93.7 cm³/mol. The highest BCUT2D eigenvalue weighted by atomic mass is 16.5. The maximum atomic E-state index is 10.2. The molecule has 0 fully saturated rings. The van der Waals surface area contributed by atoms with Crippen LogP contribution in [0.25, 0.3) is 11.3 Å². The van der Waals surface area contributed by atoms with Crippen molar-refractivity contribution in [3.8, 4) is 17.0 Å². The van der Waals surface area contributed by atoms with Gasteiger partial charge in [0.05, 0.1) is 18.8 Å². The molecule has 130 valence electrons. The van der Waals surface area contributed by atoms with Gasteiger partial charge in [-0.1, -0.05) is 35.5 Å². The van der Waals surface area contributed by atoms with Crippen LogP contribution in [0.15, 0.2) is 47.1 Å². The number of hydrogen-bond donors (Lipinski definition) is 2. The molecule has 25 heavy (non-hydrogen) atoms. The minimum Gasteiger partial charge on any atom is -0.506 e. The fraction of sp³-hybridized carbons (Fsp3) is 0.263. The van der Waals surface area contributed by atoms with Gasteiger partial charge in [-0.2, -0.15) is 0 Å². The molecule has 0 aliphatic carbocycles. The summed E-state index contributed by atoms with van der Waals surface area (Å²) in [5.74, 6) is 0.859. The van der Waals surface area contributed by atoms with E-state index >= 15 is 0 Å². The second kappa shape index (κ2) is 7.46. The zero-order chi connectivity index (χ0) is 17.8. The Morgan fingerprint density at radius 1 is 1.16 bits per heavy atom. The zero-order valence-corrected chi connectivity index (χ0v) is 14.3. The lowest BCUT2D eigenvalue weighted by Crippen LogP contribution is -2.18. The summed E-state index contributed by atoms with van der Waals surface area (Å²) in [6.07, 6.45) is 1.60. The Kier molecular flexibility index (Phi) is 5.11. The van der Waals surface area contributed by atoms with Gasteiger partial charge in [0.15, 0.2) is 5.76 Å². The van der Waals surface area contributed by atoms with Crippen molar-refractivity contribution in [2.45, 2.75) is 26.6 Å². The van der Waals surface area contributed by atoms with E-state index in [9.17, 15) is 10.2 Å². The number of aliphatic hydroxyl groups is 1. The van der Waals surface area contributed by atoms with Crippen molar-refractivity contribution in [1.82, 2.24) is 15.0 Å². The fourth-order valence-electron chi connectivity index (χ4n) is 2.72. The van der Waals surface area contributed by atoms with Crippen LogP contribution in [0.1, 0.15) is 22.6 Å². The first-order valence-electron chi connectivity index (χ1n) is 8.05. The van der Waals surface area contributed by atoms with Crippen molar-refractivity contribution >= 4 is 0 Å². The van der Waals surface area contributed by atoms with Crippen molar-refractivity contribution < 1.29 is 14.7 Å². The van der Waals surface area contributed by atoms with E-state index < -0.39 is 0 Å². The van der Waals surface area contributed by atoms with Gasteiger partial charge in [0.25, 0.3) is 0 Å². The Bertz CT molecular complexity index is 846. The Labute approximate surface area is 146 Å². The molecule has 2 aromatic heterocycles. The molecular formula is C19H21N3O3. The number of aliphatic hydroxyl groups excluding tert-OH is 1. The van der Waals surface area contributed by atoms with Gasteiger partial charge in [-0.25, -0.2) is 0 Å². The summed E-state index contributed by atoms with van der Waals surface area (Å²) < 4.78 is 5.42. The maximum Gasteiger partial charge on any atom is 0.151 e. The highest BCUT2D eigenvalue weighted by Gasteiger charge is 2.15. The summed E-state index contributed by atoms with van der Waals surface area (Å²) in [5.41, 5.74) is 3.65. The van der Waals surface area contributed by atoms with Crippen molar-refractivity contribution in [3.05, 3.63) is 65.2 Å². The number of hydrogen-bond acceptors (Lipinski definition) is 6. The van der Waals surface area contributed by atoms with Gasteiger partial charge in [-0.3, -0.25) is 9.88 Å². The molecule has 0 aliphatic rings. The van der Waals surface area contributed by atoms with Crippen LogP contribution in [0.5, 0.6) is 5.75 Å². The first-order valence-corrected chi connectivity index (χ1v) is 8.05. The first kappa shape index (κ1) is 17.1. The molecule has 2 heterocycles. The molecule has 6 nitrogen and oxygen atoms in total. The van der Waals surface area contributed by atoms with Crippen LogP contribution in [0.2, 0.25) is 0 Å².